The summed E-state index contributed by atoms with van der Waals surface area (Å²) in [6.45, 7) is 1.76. The molecule has 2 unspecified atom stereocenters. The Morgan fingerprint density at radius 1 is 1.59 bits per heavy atom. The van der Waals surface area contributed by atoms with E-state index in [4.69, 9.17) is 0 Å². The smallest absolute Gasteiger partial charge is 0.307 e. The van der Waals surface area contributed by atoms with Gasteiger partial charge in [-0.2, -0.15) is 8.42 Å². The van der Waals surface area contributed by atoms with Gasteiger partial charge in [-0.1, -0.05) is 6.07 Å². The van der Waals surface area contributed by atoms with Crippen LogP contribution < -0.4 is 0 Å². The molecule has 1 aliphatic rings. The van der Waals surface area contributed by atoms with Crippen LogP contribution in [0.15, 0.2) is 17.5 Å². The Labute approximate surface area is 103 Å². The average molecular weight is 277 g/mol. The van der Waals surface area contributed by atoms with Gasteiger partial charge < -0.3 is 4.90 Å². The molecule has 7 heteroatoms. The zero-order valence-electron chi connectivity index (χ0n) is 9.17. The van der Waals surface area contributed by atoms with E-state index in [1.165, 1.54) is 16.2 Å². The van der Waals surface area contributed by atoms with Gasteiger partial charge in [-0.25, -0.2) is 0 Å². The van der Waals surface area contributed by atoms with Crippen LogP contribution in [0, 0.1) is 0 Å². The fourth-order valence-corrected chi connectivity index (χ4v) is 3.42. The Morgan fingerprint density at radius 3 is 2.76 bits per heavy atom. The Bertz CT molecular complexity index is 512. The van der Waals surface area contributed by atoms with E-state index in [0.717, 1.165) is 4.88 Å². The maximum Gasteiger partial charge on any atom is 0.307 e. The molecule has 2 rings (SSSR count). The third-order valence-electron chi connectivity index (χ3n) is 2.94. The standard InChI is InChI=1S/C10H12FNO3S2/c1-7(9-3-2-4-16-9)12-6-8(5-10(12)13)17(11,14)15/h2-4,7-8H,5-6H2,1H3. The van der Waals surface area contributed by atoms with Crippen molar-refractivity contribution < 1.29 is 17.1 Å². The van der Waals surface area contributed by atoms with Crippen molar-refractivity contribution in [2.75, 3.05) is 6.54 Å². The van der Waals surface area contributed by atoms with Crippen molar-refractivity contribution in [2.24, 2.45) is 0 Å². The second kappa shape index (κ2) is 4.38. The van der Waals surface area contributed by atoms with Crippen LogP contribution in [-0.2, 0) is 15.0 Å². The predicted molar refractivity (Wildman–Crippen MR) is 62.9 cm³/mol. The zero-order chi connectivity index (χ0) is 12.6. The van der Waals surface area contributed by atoms with Crippen molar-refractivity contribution >= 4 is 27.5 Å². The highest BCUT2D eigenvalue weighted by molar-refractivity contribution is 7.87. The molecule has 0 N–H and O–H groups in total. The molecule has 0 saturated carbocycles. The van der Waals surface area contributed by atoms with E-state index in [9.17, 15) is 17.1 Å². The summed E-state index contributed by atoms with van der Waals surface area (Å²) in [5.41, 5.74) is 0. The number of likely N-dealkylation sites (tertiary alicyclic amines) is 1. The highest BCUT2D eigenvalue weighted by atomic mass is 32.3. The van der Waals surface area contributed by atoms with Crippen LogP contribution in [0.1, 0.15) is 24.3 Å². The summed E-state index contributed by atoms with van der Waals surface area (Å²) < 4.78 is 34.4. The largest absolute Gasteiger partial charge is 0.334 e. The van der Waals surface area contributed by atoms with Crippen molar-refractivity contribution in [1.29, 1.82) is 0 Å². The highest BCUT2D eigenvalue weighted by Gasteiger charge is 2.40. The number of hydrogen-bond acceptors (Lipinski definition) is 4. The average Bonchev–Trinajstić information content (AvgIpc) is 2.83. The summed E-state index contributed by atoms with van der Waals surface area (Å²) in [5.74, 6) is -0.308. The molecular weight excluding hydrogens is 265 g/mol. The lowest BCUT2D eigenvalue weighted by Gasteiger charge is -2.23. The third kappa shape index (κ3) is 2.50. The minimum absolute atomic E-state index is 0.0588. The topological polar surface area (TPSA) is 54.5 Å². The molecule has 1 fully saturated rings. The quantitative estimate of drug-likeness (QED) is 0.790. The molecule has 0 spiro atoms. The predicted octanol–water partition coefficient (Wildman–Crippen LogP) is 1.71. The van der Waals surface area contributed by atoms with E-state index in [0.29, 0.717) is 0 Å². The van der Waals surface area contributed by atoms with E-state index in [2.05, 4.69) is 0 Å². The Morgan fingerprint density at radius 2 is 2.29 bits per heavy atom. The normalized spacial score (nSPS) is 23.1. The molecule has 0 aromatic carbocycles. The Kier molecular flexibility index (Phi) is 3.22. The molecule has 2 atom stereocenters. The number of thiophene rings is 1. The van der Waals surface area contributed by atoms with Crippen molar-refractivity contribution in [3.05, 3.63) is 22.4 Å². The lowest BCUT2D eigenvalue weighted by Crippen LogP contribution is -2.29. The summed E-state index contributed by atoms with van der Waals surface area (Å²) in [6, 6.07) is 3.54. The molecule has 94 valence electrons. The summed E-state index contributed by atoms with van der Waals surface area (Å²) in [5, 5.41) is 0.674. The SMILES string of the molecule is CC(c1cccs1)N1CC(S(=O)(=O)F)CC1=O. The van der Waals surface area contributed by atoms with Gasteiger partial charge >= 0.3 is 10.2 Å². The molecular formula is C10H12FNO3S2. The summed E-state index contributed by atoms with van der Waals surface area (Å²) in [7, 11) is -4.63. The number of amides is 1. The molecule has 0 bridgehead atoms. The molecule has 1 aromatic heterocycles. The first kappa shape index (κ1) is 12.5. The first-order chi connectivity index (χ1) is 7.89. The summed E-state index contributed by atoms with van der Waals surface area (Å²) in [6.07, 6.45) is -0.255. The van der Waals surface area contributed by atoms with E-state index >= 15 is 0 Å². The summed E-state index contributed by atoms with van der Waals surface area (Å²) in [4.78, 5) is 14.1. The van der Waals surface area contributed by atoms with Gasteiger partial charge in [-0.05, 0) is 18.4 Å². The molecule has 2 heterocycles. The van der Waals surface area contributed by atoms with Gasteiger partial charge in [0.2, 0.25) is 5.91 Å². The van der Waals surface area contributed by atoms with Gasteiger partial charge in [0, 0.05) is 17.8 Å². The van der Waals surface area contributed by atoms with E-state index in [1.807, 2.05) is 24.4 Å². The van der Waals surface area contributed by atoms with Crippen molar-refractivity contribution in [3.8, 4) is 0 Å². The Balaban J connectivity index is 2.16. The van der Waals surface area contributed by atoms with Gasteiger partial charge in [0.15, 0.2) is 0 Å². The van der Waals surface area contributed by atoms with Crippen LogP contribution in [0.5, 0.6) is 0 Å². The number of carbonyl (C=O) groups is 1. The van der Waals surface area contributed by atoms with Crippen LogP contribution in [0.2, 0.25) is 0 Å². The number of nitrogens with zero attached hydrogens (tertiary/aromatic N) is 1. The van der Waals surface area contributed by atoms with Crippen LogP contribution in [0.25, 0.3) is 0 Å². The van der Waals surface area contributed by atoms with Crippen LogP contribution in [0.3, 0.4) is 0 Å². The lowest BCUT2D eigenvalue weighted by molar-refractivity contribution is -0.129. The molecule has 4 nitrogen and oxygen atoms in total. The van der Waals surface area contributed by atoms with Gasteiger partial charge in [0.1, 0.15) is 5.25 Å². The first-order valence-corrected chi connectivity index (χ1v) is 7.48. The van der Waals surface area contributed by atoms with Gasteiger partial charge in [0.05, 0.1) is 6.04 Å². The second-order valence-corrected chi connectivity index (χ2v) is 6.64. The second-order valence-electron chi connectivity index (χ2n) is 4.04. The van der Waals surface area contributed by atoms with Gasteiger partial charge in [0.25, 0.3) is 0 Å². The van der Waals surface area contributed by atoms with Crippen LogP contribution in [-0.4, -0.2) is 31.0 Å². The van der Waals surface area contributed by atoms with E-state index in [1.54, 1.807) is 0 Å². The van der Waals surface area contributed by atoms with Crippen molar-refractivity contribution in [3.63, 3.8) is 0 Å². The molecule has 1 aliphatic heterocycles. The number of rotatable bonds is 3. The Hall–Kier alpha value is -0.950. The fourth-order valence-electron chi connectivity index (χ4n) is 1.94. The maximum atomic E-state index is 12.8. The molecule has 0 aliphatic carbocycles. The van der Waals surface area contributed by atoms with Crippen molar-refractivity contribution in [1.82, 2.24) is 4.90 Å². The minimum Gasteiger partial charge on any atom is -0.334 e. The fraction of sp³-hybridized carbons (Fsp3) is 0.500. The highest BCUT2D eigenvalue weighted by Crippen LogP contribution is 2.30. The van der Waals surface area contributed by atoms with Crippen LogP contribution in [0.4, 0.5) is 3.89 Å². The molecule has 1 saturated heterocycles. The molecule has 1 aromatic rings. The van der Waals surface area contributed by atoms with E-state index < -0.39 is 15.5 Å². The van der Waals surface area contributed by atoms with Crippen LogP contribution >= 0.6 is 11.3 Å². The summed E-state index contributed by atoms with van der Waals surface area (Å²) >= 11 is 1.49. The number of hydrogen-bond donors (Lipinski definition) is 0. The van der Waals surface area contributed by atoms with Gasteiger partial charge in [-0.15, -0.1) is 15.2 Å². The number of halogens is 1. The van der Waals surface area contributed by atoms with Gasteiger partial charge in [-0.3, -0.25) is 4.79 Å². The molecule has 1 amide bonds. The first-order valence-electron chi connectivity index (χ1n) is 5.16. The maximum absolute atomic E-state index is 12.8. The minimum atomic E-state index is -4.63. The molecule has 0 radical (unpaired) electrons. The third-order valence-corrected chi connectivity index (χ3v) is 5.10. The lowest BCUT2D eigenvalue weighted by atomic mass is 10.2. The van der Waals surface area contributed by atoms with Crippen molar-refractivity contribution in [2.45, 2.75) is 24.6 Å². The zero-order valence-corrected chi connectivity index (χ0v) is 10.8. The monoisotopic (exact) mass is 277 g/mol. The number of carbonyl (C=O) groups excluding carboxylic acids is 1. The molecule has 17 heavy (non-hydrogen) atoms. The van der Waals surface area contributed by atoms with E-state index in [-0.39, 0.29) is 24.9 Å².